The zero-order valence-corrected chi connectivity index (χ0v) is 14.1. The largest absolute Gasteiger partial charge is 0.496 e. The molecule has 0 aliphatic carbocycles. The molecule has 0 saturated carbocycles. The number of esters is 1. The summed E-state index contributed by atoms with van der Waals surface area (Å²) in [7, 11) is 1.58. The number of para-hydroxylation sites is 1. The number of ether oxygens (including phenoxy) is 2. The average molecular weight is 327 g/mol. The summed E-state index contributed by atoms with van der Waals surface area (Å²) >= 11 is 0. The fourth-order valence-electron chi connectivity index (χ4n) is 2.35. The highest BCUT2D eigenvalue weighted by molar-refractivity contribution is 5.92. The third-order valence-electron chi connectivity index (χ3n) is 3.60. The predicted octanol–water partition coefficient (Wildman–Crippen LogP) is 2.79. The molecule has 0 unspecified atom stereocenters. The Morgan fingerprint density at radius 2 is 1.83 bits per heavy atom. The number of hydrogen-bond acceptors (Lipinski definition) is 4. The Hall–Kier alpha value is -2.82. The van der Waals surface area contributed by atoms with Crippen LogP contribution in [0, 0.1) is 13.8 Å². The van der Waals surface area contributed by atoms with Gasteiger partial charge in [0.2, 0.25) is 0 Å². The van der Waals surface area contributed by atoms with Crippen LogP contribution in [0.1, 0.15) is 27.0 Å². The van der Waals surface area contributed by atoms with Crippen molar-refractivity contribution in [1.82, 2.24) is 5.32 Å². The Labute approximate surface area is 141 Å². The molecule has 0 aliphatic heterocycles. The molecule has 0 bridgehead atoms. The summed E-state index contributed by atoms with van der Waals surface area (Å²) in [4.78, 5) is 23.9. The van der Waals surface area contributed by atoms with Crippen molar-refractivity contribution in [2.45, 2.75) is 20.4 Å². The first-order chi connectivity index (χ1) is 11.5. The molecule has 24 heavy (non-hydrogen) atoms. The van der Waals surface area contributed by atoms with Gasteiger partial charge >= 0.3 is 5.97 Å². The van der Waals surface area contributed by atoms with E-state index in [2.05, 4.69) is 5.32 Å². The van der Waals surface area contributed by atoms with Crippen LogP contribution in [0.5, 0.6) is 5.75 Å². The van der Waals surface area contributed by atoms with Crippen molar-refractivity contribution in [3.63, 3.8) is 0 Å². The maximum Gasteiger partial charge on any atom is 0.338 e. The molecule has 5 heteroatoms. The van der Waals surface area contributed by atoms with Crippen LogP contribution in [0.3, 0.4) is 0 Å². The molecule has 0 atom stereocenters. The molecule has 0 radical (unpaired) electrons. The van der Waals surface area contributed by atoms with Gasteiger partial charge in [0.25, 0.3) is 5.91 Å². The number of hydrogen-bond donors (Lipinski definition) is 1. The minimum Gasteiger partial charge on any atom is -0.496 e. The van der Waals surface area contributed by atoms with E-state index in [1.165, 1.54) is 0 Å². The summed E-state index contributed by atoms with van der Waals surface area (Å²) in [5, 5.41) is 2.71. The summed E-state index contributed by atoms with van der Waals surface area (Å²) in [6.45, 7) is 3.78. The summed E-state index contributed by atoms with van der Waals surface area (Å²) in [6, 6.07) is 12.9. The summed E-state index contributed by atoms with van der Waals surface area (Å²) in [6.07, 6.45) is 0. The monoisotopic (exact) mass is 327 g/mol. The van der Waals surface area contributed by atoms with Gasteiger partial charge in [-0.2, -0.15) is 0 Å². The van der Waals surface area contributed by atoms with Gasteiger partial charge < -0.3 is 14.8 Å². The first kappa shape index (κ1) is 17.5. The summed E-state index contributed by atoms with van der Waals surface area (Å²) in [5.41, 5.74) is 3.22. The van der Waals surface area contributed by atoms with Crippen LogP contribution in [0.4, 0.5) is 0 Å². The van der Waals surface area contributed by atoms with Gasteiger partial charge in [-0.25, -0.2) is 4.79 Å². The minimum absolute atomic E-state index is 0.309. The average Bonchev–Trinajstić information content (AvgIpc) is 2.58. The van der Waals surface area contributed by atoms with Gasteiger partial charge in [-0.15, -0.1) is 0 Å². The van der Waals surface area contributed by atoms with Gasteiger partial charge in [0, 0.05) is 12.1 Å². The van der Waals surface area contributed by atoms with E-state index in [-0.39, 0.29) is 12.5 Å². The highest BCUT2D eigenvalue weighted by Crippen LogP contribution is 2.16. The predicted molar refractivity (Wildman–Crippen MR) is 91.0 cm³/mol. The number of methoxy groups -OCH3 is 1. The lowest BCUT2D eigenvalue weighted by Crippen LogP contribution is -2.28. The van der Waals surface area contributed by atoms with Crippen LogP contribution in [-0.2, 0) is 16.1 Å². The third-order valence-corrected chi connectivity index (χ3v) is 3.60. The van der Waals surface area contributed by atoms with Crippen molar-refractivity contribution in [2.75, 3.05) is 13.7 Å². The highest BCUT2D eigenvalue weighted by atomic mass is 16.5. The summed E-state index contributed by atoms with van der Waals surface area (Å²) in [5.74, 6) is -0.163. The van der Waals surface area contributed by atoms with Crippen LogP contribution in [0.25, 0.3) is 0 Å². The van der Waals surface area contributed by atoms with Crippen molar-refractivity contribution in [3.8, 4) is 5.75 Å². The molecule has 1 N–H and O–H groups in total. The van der Waals surface area contributed by atoms with Crippen molar-refractivity contribution in [2.24, 2.45) is 0 Å². The number of carbonyl (C=O) groups excluding carboxylic acids is 2. The Kier molecular flexibility index (Phi) is 5.95. The molecule has 2 aromatic rings. The fraction of sp³-hybridized carbons (Fsp3) is 0.263. The van der Waals surface area contributed by atoms with E-state index in [0.29, 0.717) is 17.9 Å². The topological polar surface area (TPSA) is 64.6 Å². The molecule has 0 heterocycles. The van der Waals surface area contributed by atoms with Gasteiger partial charge in [-0.3, -0.25) is 4.79 Å². The highest BCUT2D eigenvalue weighted by Gasteiger charge is 2.13. The van der Waals surface area contributed by atoms with Gasteiger partial charge in [-0.1, -0.05) is 35.9 Å². The smallest absolute Gasteiger partial charge is 0.338 e. The van der Waals surface area contributed by atoms with Crippen molar-refractivity contribution in [1.29, 1.82) is 0 Å². The van der Waals surface area contributed by atoms with Crippen LogP contribution in [0.15, 0.2) is 42.5 Å². The Bertz CT molecular complexity index is 740. The molecule has 5 nitrogen and oxygen atoms in total. The number of carbonyl (C=O) groups is 2. The van der Waals surface area contributed by atoms with Crippen molar-refractivity contribution >= 4 is 11.9 Å². The number of rotatable bonds is 6. The molecular weight excluding hydrogens is 306 g/mol. The number of benzene rings is 2. The Morgan fingerprint density at radius 3 is 2.54 bits per heavy atom. The van der Waals surface area contributed by atoms with Crippen LogP contribution in [-0.4, -0.2) is 25.6 Å². The first-order valence-corrected chi connectivity index (χ1v) is 7.64. The van der Waals surface area contributed by atoms with E-state index in [0.717, 1.165) is 16.7 Å². The SMILES string of the molecule is COc1ccccc1CNC(=O)COC(=O)c1ccc(C)cc1C. The molecule has 0 aromatic heterocycles. The Morgan fingerprint density at radius 1 is 1.08 bits per heavy atom. The molecule has 2 rings (SSSR count). The third kappa shape index (κ3) is 4.59. The second-order valence-corrected chi connectivity index (χ2v) is 5.48. The lowest BCUT2D eigenvalue weighted by Gasteiger charge is -2.10. The number of nitrogens with one attached hydrogen (secondary N) is 1. The van der Waals surface area contributed by atoms with E-state index < -0.39 is 5.97 Å². The van der Waals surface area contributed by atoms with Crippen LogP contribution >= 0.6 is 0 Å². The summed E-state index contributed by atoms with van der Waals surface area (Å²) < 4.78 is 10.3. The maximum atomic E-state index is 12.0. The molecule has 0 spiro atoms. The van der Waals surface area contributed by atoms with Crippen molar-refractivity contribution in [3.05, 3.63) is 64.7 Å². The molecule has 126 valence electrons. The van der Waals surface area contributed by atoms with Crippen LogP contribution < -0.4 is 10.1 Å². The number of aryl methyl sites for hydroxylation is 2. The number of amides is 1. The lowest BCUT2D eigenvalue weighted by molar-refractivity contribution is -0.124. The van der Waals surface area contributed by atoms with E-state index in [1.54, 1.807) is 13.2 Å². The molecule has 0 fully saturated rings. The molecular formula is C19H21NO4. The standard InChI is InChI=1S/C19H21NO4/c1-13-8-9-16(14(2)10-13)19(22)24-12-18(21)20-11-15-6-4-5-7-17(15)23-3/h4-10H,11-12H2,1-3H3,(H,20,21). The van der Waals surface area contributed by atoms with E-state index >= 15 is 0 Å². The first-order valence-electron chi connectivity index (χ1n) is 7.64. The van der Waals surface area contributed by atoms with Gasteiger partial charge in [0.1, 0.15) is 5.75 Å². The van der Waals surface area contributed by atoms with E-state index in [9.17, 15) is 9.59 Å². The minimum atomic E-state index is -0.500. The molecule has 2 aromatic carbocycles. The van der Waals surface area contributed by atoms with Crippen LogP contribution in [0.2, 0.25) is 0 Å². The normalized spacial score (nSPS) is 10.1. The zero-order chi connectivity index (χ0) is 17.5. The van der Waals surface area contributed by atoms with Gasteiger partial charge in [0.05, 0.1) is 12.7 Å². The second-order valence-electron chi connectivity index (χ2n) is 5.48. The Balaban J connectivity index is 1.85. The molecule has 1 amide bonds. The lowest BCUT2D eigenvalue weighted by atomic mass is 10.1. The zero-order valence-electron chi connectivity index (χ0n) is 14.1. The quantitative estimate of drug-likeness (QED) is 0.829. The van der Waals surface area contributed by atoms with E-state index in [1.807, 2.05) is 50.2 Å². The van der Waals surface area contributed by atoms with E-state index in [4.69, 9.17) is 9.47 Å². The molecule has 0 saturated heterocycles. The maximum absolute atomic E-state index is 12.0. The van der Waals surface area contributed by atoms with Gasteiger partial charge in [0.15, 0.2) is 6.61 Å². The van der Waals surface area contributed by atoms with Crippen molar-refractivity contribution < 1.29 is 19.1 Å². The molecule has 0 aliphatic rings. The van der Waals surface area contributed by atoms with Gasteiger partial charge in [-0.05, 0) is 31.5 Å². The fourth-order valence-corrected chi connectivity index (χ4v) is 2.35. The second kappa shape index (κ2) is 8.15.